The van der Waals surface area contributed by atoms with E-state index in [2.05, 4.69) is 6.07 Å². The molecule has 2 aromatic rings. The van der Waals surface area contributed by atoms with E-state index in [4.69, 9.17) is 4.74 Å². The highest BCUT2D eigenvalue weighted by atomic mass is 32.1. The number of nitrogens with zero attached hydrogens (tertiary/aromatic N) is 2. The molecular weight excluding hydrogens is 396 g/mol. The van der Waals surface area contributed by atoms with Gasteiger partial charge in [0, 0.05) is 56.7 Å². The Morgan fingerprint density at radius 1 is 1.17 bits per heavy atom. The van der Waals surface area contributed by atoms with Gasteiger partial charge in [-0.25, -0.2) is 0 Å². The molecule has 1 aromatic heterocycles. The molecule has 3 heterocycles. The van der Waals surface area contributed by atoms with E-state index < -0.39 is 0 Å². The second-order valence-corrected chi connectivity index (χ2v) is 9.08. The number of carbonyl (C=O) groups excluding carboxylic acids is 2. The van der Waals surface area contributed by atoms with E-state index in [1.54, 1.807) is 11.3 Å². The number of hydrogen-bond donors (Lipinski definition) is 0. The molecule has 30 heavy (non-hydrogen) atoms. The van der Waals surface area contributed by atoms with Gasteiger partial charge < -0.3 is 14.5 Å². The summed E-state index contributed by atoms with van der Waals surface area (Å²) in [4.78, 5) is 29.4. The number of fused-ring (bicyclic) bond motifs is 1. The zero-order chi connectivity index (χ0) is 21.1. The molecule has 6 heteroatoms. The predicted molar refractivity (Wildman–Crippen MR) is 119 cm³/mol. The Labute approximate surface area is 182 Å². The summed E-state index contributed by atoms with van der Waals surface area (Å²) in [6.45, 7) is 6.92. The maximum atomic E-state index is 12.9. The van der Waals surface area contributed by atoms with E-state index in [0.717, 1.165) is 49.2 Å². The Balaban J connectivity index is 1.50. The van der Waals surface area contributed by atoms with Gasteiger partial charge in [-0.1, -0.05) is 18.2 Å². The van der Waals surface area contributed by atoms with Crippen LogP contribution < -0.4 is 4.74 Å². The van der Waals surface area contributed by atoms with Crippen molar-refractivity contribution in [3.63, 3.8) is 0 Å². The van der Waals surface area contributed by atoms with E-state index in [1.807, 2.05) is 58.7 Å². The third-order valence-corrected chi connectivity index (χ3v) is 7.25. The number of ether oxygens (including phenoxy) is 1. The Kier molecular flexibility index (Phi) is 6.14. The molecule has 160 valence electrons. The van der Waals surface area contributed by atoms with Gasteiger partial charge in [0.05, 0.1) is 5.56 Å². The van der Waals surface area contributed by atoms with Crippen LogP contribution in [0.2, 0.25) is 0 Å². The van der Waals surface area contributed by atoms with Crippen molar-refractivity contribution in [1.82, 2.24) is 9.80 Å². The molecule has 0 radical (unpaired) electrons. The lowest BCUT2D eigenvalue weighted by Gasteiger charge is -2.47. The number of benzene rings is 1. The van der Waals surface area contributed by atoms with Gasteiger partial charge in [0.25, 0.3) is 5.91 Å². The van der Waals surface area contributed by atoms with Crippen LogP contribution in [-0.2, 0) is 4.79 Å². The summed E-state index contributed by atoms with van der Waals surface area (Å²) in [6.07, 6.45) is 2.94. The minimum Gasteiger partial charge on any atom is -0.487 e. The number of hydrogen-bond acceptors (Lipinski definition) is 4. The van der Waals surface area contributed by atoms with Crippen LogP contribution in [0.1, 0.15) is 61.4 Å². The second-order valence-electron chi connectivity index (χ2n) is 8.30. The summed E-state index contributed by atoms with van der Waals surface area (Å²) in [5.41, 5.74) is 1.61. The van der Waals surface area contributed by atoms with Crippen molar-refractivity contribution in [3.05, 3.63) is 52.2 Å². The SMILES string of the molecule is CCN(CC)C(=O)C[C@H]1CC2(CCN(C(=O)c3ccsc3)CC2)Oc2ccccc21. The fourth-order valence-electron chi connectivity index (χ4n) is 4.84. The molecule has 4 rings (SSSR count). The lowest BCUT2D eigenvalue weighted by Crippen LogP contribution is -2.52. The number of likely N-dealkylation sites (tertiary alicyclic amines) is 1. The third-order valence-electron chi connectivity index (χ3n) is 6.57. The van der Waals surface area contributed by atoms with Crippen LogP contribution in [0, 0.1) is 0 Å². The quantitative estimate of drug-likeness (QED) is 0.705. The lowest BCUT2D eigenvalue weighted by molar-refractivity contribution is -0.131. The highest BCUT2D eigenvalue weighted by Crippen LogP contribution is 2.46. The lowest BCUT2D eigenvalue weighted by atomic mass is 9.76. The van der Waals surface area contributed by atoms with Crippen molar-refractivity contribution < 1.29 is 14.3 Å². The van der Waals surface area contributed by atoms with Crippen LogP contribution in [0.15, 0.2) is 41.1 Å². The van der Waals surface area contributed by atoms with Gasteiger partial charge in [-0.15, -0.1) is 0 Å². The van der Waals surface area contributed by atoms with E-state index in [9.17, 15) is 9.59 Å². The smallest absolute Gasteiger partial charge is 0.254 e. The number of carbonyl (C=O) groups is 2. The van der Waals surface area contributed by atoms with Crippen LogP contribution in [0.5, 0.6) is 5.75 Å². The van der Waals surface area contributed by atoms with Crippen LogP contribution in [0.3, 0.4) is 0 Å². The van der Waals surface area contributed by atoms with Gasteiger partial charge in [0.15, 0.2) is 0 Å². The molecular formula is C24H30N2O3S. The Morgan fingerprint density at radius 2 is 1.90 bits per heavy atom. The van der Waals surface area contributed by atoms with E-state index in [1.165, 1.54) is 0 Å². The molecule has 2 aliphatic rings. The van der Waals surface area contributed by atoms with Crippen LogP contribution in [-0.4, -0.2) is 53.4 Å². The normalized spacial score (nSPS) is 19.8. The first-order chi connectivity index (χ1) is 14.5. The largest absolute Gasteiger partial charge is 0.487 e. The molecule has 5 nitrogen and oxygen atoms in total. The first-order valence-electron chi connectivity index (χ1n) is 10.9. The number of amides is 2. The Morgan fingerprint density at radius 3 is 2.57 bits per heavy atom. The molecule has 2 aliphatic heterocycles. The standard InChI is InChI=1S/C24H30N2O3S/c1-3-25(4-2)22(27)15-19-16-24(29-21-8-6-5-7-20(19)21)10-12-26(13-11-24)23(28)18-9-14-30-17-18/h5-9,14,17,19H,3-4,10-13,15-16H2,1-2H3/t19-/m0/s1. The fourth-order valence-corrected chi connectivity index (χ4v) is 5.46. The highest BCUT2D eigenvalue weighted by Gasteiger charge is 2.44. The number of thiophene rings is 1. The van der Waals surface area contributed by atoms with Crippen molar-refractivity contribution in [2.45, 2.75) is 51.0 Å². The molecule has 1 atom stereocenters. The molecule has 0 saturated carbocycles. The molecule has 0 bridgehead atoms. The molecule has 1 fully saturated rings. The average Bonchev–Trinajstić information content (AvgIpc) is 3.30. The van der Waals surface area contributed by atoms with E-state index in [0.29, 0.717) is 19.5 Å². The van der Waals surface area contributed by atoms with E-state index >= 15 is 0 Å². The maximum absolute atomic E-state index is 12.9. The summed E-state index contributed by atoms with van der Waals surface area (Å²) >= 11 is 1.55. The van der Waals surface area contributed by atoms with Crippen LogP contribution in [0.25, 0.3) is 0 Å². The van der Waals surface area contributed by atoms with Crippen molar-refractivity contribution in [1.29, 1.82) is 0 Å². The third kappa shape index (κ3) is 4.10. The topological polar surface area (TPSA) is 49.9 Å². The molecule has 0 N–H and O–H groups in total. The number of para-hydroxylation sites is 1. The van der Waals surface area contributed by atoms with Gasteiger partial charge in [0.1, 0.15) is 11.4 Å². The molecule has 1 saturated heterocycles. The van der Waals surface area contributed by atoms with E-state index in [-0.39, 0.29) is 23.3 Å². The highest BCUT2D eigenvalue weighted by molar-refractivity contribution is 7.08. The molecule has 0 unspecified atom stereocenters. The van der Waals surface area contributed by atoms with Gasteiger partial charge in [-0.05, 0) is 43.3 Å². The van der Waals surface area contributed by atoms with Crippen molar-refractivity contribution in [2.75, 3.05) is 26.2 Å². The molecule has 2 amide bonds. The van der Waals surface area contributed by atoms with Crippen LogP contribution >= 0.6 is 11.3 Å². The monoisotopic (exact) mass is 426 g/mol. The number of rotatable bonds is 5. The average molecular weight is 427 g/mol. The minimum absolute atomic E-state index is 0.107. The van der Waals surface area contributed by atoms with Gasteiger partial charge in [-0.3, -0.25) is 9.59 Å². The van der Waals surface area contributed by atoms with Gasteiger partial charge in [-0.2, -0.15) is 11.3 Å². The molecule has 1 spiro atoms. The fraction of sp³-hybridized carbons (Fsp3) is 0.500. The van der Waals surface area contributed by atoms with Gasteiger partial charge >= 0.3 is 0 Å². The Bertz CT molecular complexity index is 884. The summed E-state index contributed by atoms with van der Waals surface area (Å²) in [7, 11) is 0. The van der Waals surface area contributed by atoms with Crippen molar-refractivity contribution in [3.8, 4) is 5.75 Å². The first kappa shape index (κ1) is 20.9. The Hall–Kier alpha value is -2.34. The minimum atomic E-state index is -0.298. The summed E-state index contributed by atoms with van der Waals surface area (Å²) in [6, 6.07) is 10.0. The molecule has 0 aliphatic carbocycles. The first-order valence-corrected chi connectivity index (χ1v) is 11.9. The summed E-state index contributed by atoms with van der Waals surface area (Å²) in [5, 5.41) is 3.85. The maximum Gasteiger partial charge on any atom is 0.254 e. The predicted octanol–water partition coefficient (Wildman–Crippen LogP) is 4.55. The van der Waals surface area contributed by atoms with Crippen LogP contribution in [0.4, 0.5) is 0 Å². The summed E-state index contributed by atoms with van der Waals surface area (Å²) in [5.74, 6) is 1.37. The van der Waals surface area contributed by atoms with Gasteiger partial charge in [0.2, 0.25) is 5.91 Å². The second kappa shape index (κ2) is 8.80. The van der Waals surface area contributed by atoms with Crippen molar-refractivity contribution >= 4 is 23.2 Å². The molecule has 1 aromatic carbocycles. The number of piperidine rings is 1. The zero-order valence-electron chi connectivity index (χ0n) is 17.8. The summed E-state index contributed by atoms with van der Waals surface area (Å²) < 4.78 is 6.54. The zero-order valence-corrected chi connectivity index (χ0v) is 18.6. The van der Waals surface area contributed by atoms with Crippen molar-refractivity contribution in [2.24, 2.45) is 0 Å².